The Kier molecular flexibility index (Phi) is 6.09. The predicted molar refractivity (Wildman–Crippen MR) is 154 cm³/mol. The Labute approximate surface area is 227 Å². The zero-order valence-electron chi connectivity index (χ0n) is 23.0. The third kappa shape index (κ3) is 4.56. The molecular formula is C31H32N4O4. The maximum Gasteiger partial charge on any atom is 0.335 e. The number of aryl methyl sites for hydroxylation is 1. The third-order valence-electron chi connectivity index (χ3n) is 7.54. The van der Waals surface area contributed by atoms with Crippen molar-refractivity contribution in [3.8, 4) is 16.9 Å². The van der Waals surface area contributed by atoms with Crippen molar-refractivity contribution >= 4 is 34.7 Å². The summed E-state index contributed by atoms with van der Waals surface area (Å²) in [6, 6.07) is 15.9. The number of anilines is 2. The quantitative estimate of drug-likeness (QED) is 0.271. The molecule has 0 spiro atoms. The van der Waals surface area contributed by atoms with Crippen LogP contribution in [0.4, 0.5) is 11.4 Å². The molecule has 0 unspecified atom stereocenters. The number of carboxylic acids is 1. The van der Waals surface area contributed by atoms with Gasteiger partial charge >= 0.3 is 11.9 Å². The Morgan fingerprint density at radius 1 is 1.00 bits per heavy atom. The number of nitrogens with one attached hydrogen (secondary N) is 1. The zero-order valence-corrected chi connectivity index (χ0v) is 23.0. The van der Waals surface area contributed by atoms with E-state index in [4.69, 9.17) is 0 Å². The molecule has 0 bridgehead atoms. The van der Waals surface area contributed by atoms with Crippen molar-refractivity contribution in [1.82, 2.24) is 0 Å². The standard InChI is InChI=1S/C31H32N4O4/c1-17-12-22(19-8-7-9-20(14-19)29(38)39)27(36)25(13-17)32-33-26-18(2)34-35(28(26)37)21-10-11-23-24(15-21)31(5,6)16-30(23,3)4/h7-15,32,36H,16H2,1-6H3,(H,38,39). The molecule has 3 aromatic rings. The minimum absolute atomic E-state index is 0.0146. The number of phenolic OH excluding ortho intramolecular Hbond substituents is 1. The average molecular weight is 525 g/mol. The smallest absolute Gasteiger partial charge is 0.335 e. The van der Waals surface area contributed by atoms with Crippen LogP contribution in [0.2, 0.25) is 0 Å². The second-order valence-electron chi connectivity index (χ2n) is 11.6. The second kappa shape index (κ2) is 9.08. The maximum atomic E-state index is 13.4. The van der Waals surface area contributed by atoms with E-state index in [1.165, 1.54) is 28.3 Å². The summed E-state index contributed by atoms with van der Waals surface area (Å²) < 4.78 is 0. The van der Waals surface area contributed by atoms with Gasteiger partial charge in [0.05, 0.1) is 22.6 Å². The highest BCUT2D eigenvalue weighted by molar-refractivity contribution is 6.71. The number of carbonyl (C=O) groups excluding carboxylic acids is 1. The number of carboxylic acid groups (broad SMARTS) is 1. The number of phenols is 1. The molecular weight excluding hydrogens is 492 g/mol. The number of carbonyl (C=O) groups is 2. The lowest BCUT2D eigenvalue weighted by atomic mass is 9.82. The first-order valence-electron chi connectivity index (χ1n) is 12.8. The fourth-order valence-electron chi connectivity index (χ4n) is 5.93. The first-order valence-corrected chi connectivity index (χ1v) is 12.8. The van der Waals surface area contributed by atoms with Gasteiger partial charge in [-0.1, -0.05) is 45.9 Å². The number of fused-ring (bicyclic) bond motifs is 1. The number of amides is 1. The summed E-state index contributed by atoms with van der Waals surface area (Å²) in [5.74, 6) is -1.52. The molecule has 0 saturated carbocycles. The monoisotopic (exact) mass is 524 g/mol. The van der Waals surface area contributed by atoms with E-state index in [1.54, 1.807) is 31.2 Å². The van der Waals surface area contributed by atoms with Gasteiger partial charge < -0.3 is 10.2 Å². The molecule has 0 fully saturated rings. The second-order valence-corrected chi connectivity index (χ2v) is 11.6. The molecule has 1 aliphatic heterocycles. The fraction of sp³-hybridized carbons (Fsp3) is 0.290. The van der Waals surface area contributed by atoms with Crippen LogP contribution < -0.4 is 10.4 Å². The normalized spacial score (nSPS) is 18.3. The number of nitrogens with zero attached hydrogens (tertiary/aromatic N) is 3. The molecule has 0 aromatic heterocycles. The van der Waals surface area contributed by atoms with E-state index in [2.05, 4.69) is 55.5 Å². The molecule has 5 rings (SSSR count). The first kappa shape index (κ1) is 26.2. The van der Waals surface area contributed by atoms with Crippen molar-refractivity contribution in [3.05, 3.63) is 76.9 Å². The number of hydrogen-bond donors (Lipinski definition) is 3. The molecule has 3 N–H and O–H groups in total. The molecule has 0 atom stereocenters. The van der Waals surface area contributed by atoms with Crippen LogP contribution in [0.25, 0.3) is 11.1 Å². The number of aromatic hydroxyl groups is 1. The Bertz CT molecular complexity index is 1600. The van der Waals surface area contributed by atoms with Crippen LogP contribution in [-0.2, 0) is 15.6 Å². The number of aromatic carboxylic acids is 1. The molecule has 200 valence electrons. The Hall–Kier alpha value is -4.46. The number of hydrazone groups is 2. The van der Waals surface area contributed by atoms with Crippen LogP contribution in [0, 0.1) is 6.92 Å². The minimum Gasteiger partial charge on any atom is -0.505 e. The maximum absolute atomic E-state index is 13.4. The van der Waals surface area contributed by atoms with E-state index in [9.17, 15) is 19.8 Å². The van der Waals surface area contributed by atoms with Crippen LogP contribution in [0.3, 0.4) is 0 Å². The summed E-state index contributed by atoms with van der Waals surface area (Å²) in [6.45, 7) is 12.5. The van der Waals surface area contributed by atoms with Gasteiger partial charge in [-0.3, -0.25) is 10.2 Å². The zero-order chi connectivity index (χ0) is 28.3. The van der Waals surface area contributed by atoms with E-state index in [0.29, 0.717) is 28.2 Å². The van der Waals surface area contributed by atoms with Gasteiger partial charge in [-0.2, -0.15) is 15.2 Å². The van der Waals surface area contributed by atoms with E-state index in [1.807, 2.05) is 13.0 Å². The predicted octanol–water partition coefficient (Wildman–Crippen LogP) is 6.22. The lowest BCUT2D eigenvalue weighted by Gasteiger charge is -2.22. The highest BCUT2D eigenvalue weighted by Crippen LogP contribution is 2.50. The average Bonchev–Trinajstić information content (AvgIpc) is 3.26. The highest BCUT2D eigenvalue weighted by Gasteiger charge is 2.42. The summed E-state index contributed by atoms with van der Waals surface area (Å²) >= 11 is 0. The summed E-state index contributed by atoms with van der Waals surface area (Å²) in [6.07, 6.45) is 1.02. The van der Waals surface area contributed by atoms with Gasteiger partial charge in [0, 0.05) is 5.56 Å². The van der Waals surface area contributed by atoms with Gasteiger partial charge in [-0.15, -0.1) is 0 Å². The van der Waals surface area contributed by atoms with E-state index >= 15 is 0 Å². The van der Waals surface area contributed by atoms with Gasteiger partial charge in [0.15, 0.2) is 5.71 Å². The number of rotatable bonds is 5. The molecule has 3 aromatic carbocycles. The first-order chi connectivity index (χ1) is 18.3. The minimum atomic E-state index is -1.05. The van der Waals surface area contributed by atoms with E-state index in [0.717, 1.165) is 12.0 Å². The van der Waals surface area contributed by atoms with Gasteiger partial charge in [0.25, 0.3) is 0 Å². The van der Waals surface area contributed by atoms with Crippen LogP contribution in [0.15, 0.2) is 64.8 Å². The molecule has 0 saturated heterocycles. The largest absolute Gasteiger partial charge is 0.505 e. The lowest BCUT2D eigenvalue weighted by molar-refractivity contribution is -0.112. The summed E-state index contributed by atoms with van der Waals surface area (Å²) in [5.41, 5.74) is 8.91. The lowest BCUT2D eigenvalue weighted by Crippen LogP contribution is -2.28. The fourth-order valence-corrected chi connectivity index (χ4v) is 5.93. The van der Waals surface area contributed by atoms with Crippen molar-refractivity contribution in [3.63, 3.8) is 0 Å². The molecule has 2 aliphatic rings. The number of benzene rings is 3. The molecule has 1 heterocycles. The van der Waals surface area contributed by atoms with Crippen molar-refractivity contribution < 1.29 is 19.8 Å². The van der Waals surface area contributed by atoms with Crippen molar-refractivity contribution in [2.75, 3.05) is 10.4 Å². The van der Waals surface area contributed by atoms with Crippen molar-refractivity contribution in [2.24, 2.45) is 10.2 Å². The third-order valence-corrected chi connectivity index (χ3v) is 7.54. The Balaban J connectivity index is 1.44. The van der Waals surface area contributed by atoms with Crippen LogP contribution in [0.5, 0.6) is 5.75 Å². The Morgan fingerprint density at radius 3 is 2.44 bits per heavy atom. The van der Waals surface area contributed by atoms with Gasteiger partial charge in [-0.05, 0) is 89.8 Å². The summed E-state index contributed by atoms with van der Waals surface area (Å²) in [4.78, 5) is 24.8. The van der Waals surface area contributed by atoms with Crippen LogP contribution >= 0.6 is 0 Å². The topological polar surface area (TPSA) is 115 Å². The Morgan fingerprint density at radius 2 is 1.72 bits per heavy atom. The number of hydrogen-bond acceptors (Lipinski definition) is 6. The van der Waals surface area contributed by atoms with Gasteiger partial charge in [0.2, 0.25) is 0 Å². The summed E-state index contributed by atoms with van der Waals surface area (Å²) in [5, 5.41) is 30.5. The molecule has 0 radical (unpaired) electrons. The SMILES string of the molecule is CC1=NN(c2ccc3c(c2)C(C)(C)CC3(C)C)C(=O)C1=NNc1cc(C)cc(-c2cccc(C(=O)O)c2)c1O. The highest BCUT2D eigenvalue weighted by atomic mass is 16.4. The van der Waals surface area contributed by atoms with Crippen molar-refractivity contribution in [1.29, 1.82) is 0 Å². The van der Waals surface area contributed by atoms with Crippen molar-refractivity contribution in [2.45, 2.75) is 58.8 Å². The molecule has 1 amide bonds. The molecule has 39 heavy (non-hydrogen) atoms. The molecule has 8 nitrogen and oxygen atoms in total. The molecule has 8 heteroatoms. The van der Waals surface area contributed by atoms with Crippen LogP contribution in [0.1, 0.15) is 68.1 Å². The van der Waals surface area contributed by atoms with Gasteiger partial charge in [0.1, 0.15) is 5.75 Å². The summed E-state index contributed by atoms with van der Waals surface area (Å²) in [7, 11) is 0. The van der Waals surface area contributed by atoms with Crippen LogP contribution in [-0.4, -0.2) is 33.5 Å². The van der Waals surface area contributed by atoms with Gasteiger partial charge in [-0.25, -0.2) is 4.79 Å². The van der Waals surface area contributed by atoms with E-state index < -0.39 is 5.97 Å². The molecule has 1 aliphatic carbocycles. The van der Waals surface area contributed by atoms with E-state index in [-0.39, 0.29) is 33.8 Å².